The Kier molecular flexibility index (Phi) is 5.34. The van der Waals surface area contributed by atoms with Crippen LogP contribution in [0.25, 0.3) is 11.1 Å². The Balaban J connectivity index is 1.76. The number of hydrogen-bond donors (Lipinski definition) is 0. The Labute approximate surface area is 152 Å². The van der Waals surface area contributed by atoms with Crippen molar-refractivity contribution in [1.82, 2.24) is 0 Å². The fourth-order valence-corrected chi connectivity index (χ4v) is 2.98. The molecule has 1 unspecified atom stereocenters. The predicted octanol–water partition coefficient (Wildman–Crippen LogP) is 6.84. The number of hydrogen-bond acceptors (Lipinski definition) is 1. The summed E-state index contributed by atoms with van der Waals surface area (Å²) in [6.07, 6.45) is 1.87. The monoisotopic (exact) mass is 353 g/mol. The normalized spacial score (nSPS) is 12.5. The summed E-state index contributed by atoms with van der Waals surface area (Å²) in [6, 6.07) is 24.2. The van der Waals surface area contributed by atoms with Crippen molar-refractivity contribution in [2.45, 2.75) is 13.0 Å². The van der Waals surface area contributed by atoms with Crippen LogP contribution in [0.4, 0.5) is 0 Å². The summed E-state index contributed by atoms with van der Waals surface area (Å²) >= 11 is 12.3. The molecule has 0 N–H and O–H groups in total. The average molecular weight is 354 g/mol. The van der Waals surface area contributed by atoms with Gasteiger partial charge >= 0.3 is 0 Å². The molecule has 0 amide bonds. The molecule has 0 aromatic heterocycles. The summed E-state index contributed by atoms with van der Waals surface area (Å²) in [7, 11) is 0. The van der Waals surface area contributed by atoms with Gasteiger partial charge in [-0.15, -0.1) is 0 Å². The lowest BCUT2D eigenvalue weighted by Gasteiger charge is -2.10. The lowest BCUT2D eigenvalue weighted by atomic mass is 10.0. The van der Waals surface area contributed by atoms with Crippen LogP contribution in [0.3, 0.4) is 0 Å². The van der Waals surface area contributed by atoms with Gasteiger partial charge in [-0.3, -0.25) is 4.99 Å². The summed E-state index contributed by atoms with van der Waals surface area (Å²) in [6.45, 7) is 2.01. The van der Waals surface area contributed by atoms with Gasteiger partial charge in [-0.25, -0.2) is 0 Å². The van der Waals surface area contributed by atoms with Gasteiger partial charge in [-0.1, -0.05) is 89.9 Å². The molecule has 0 aliphatic carbocycles. The van der Waals surface area contributed by atoms with Gasteiger partial charge in [0.05, 0.1) is 16.1 Å². The molecule has 0 saturated heterocycles. The van der Waals surface area contributed by atoms with E-state index in [9.17, 15) is 0 Å². The van der Waals surface area contributed by atoms with Gasteiger partial charge in [-0.2, -0.15) is 0 Å². The molecule has 3 rings (SSSR count). The number of rotatable bonds is 4. The second-order valence-electron chi connectivity index (χ2n) is 5.59. The first-order valence-electron chi connectivity index (χ1n) is 7.78. The molecule has 3 aromatic rings. The maximum atomic E-state index is 6.25. The zero-order chi connectivity index (χ0) is 16.9. The van der Waals surface area contributed by atoms with Crippen LogP contribution in [0.15, 0.2) is 77.8 Å². The zero-order valence-electron chi connectivity index (χ0n) is 13.3. The van der Waals surface area contributed by atoms with E-state index in [4.69, 9.17) is 23.2 Å². The second-order valence-corrected chi connectivity index (χ2v) is 6.37. The molecule has 0 heterocycles. The van der Waals surface area contributed by atoms with E-state index in [0.29, 0.717) is 10.0 Å². The fraction of sp³-hybridized carbons (Fsp3) is 0.0952. The first-order chi connectivity index (χ1) is 11.6. The molecule has 3 aromatic carbocycles. The van der Waals surface area contributed by atoms with Crippen LogP contribution < -0.4 is 0 Å². The fourth-order valence-electron chi connectivity index (χ4n) is 2.51. The van der Waals surface area contributed by atoms with E-state index < -0.39 is 0 Å². The summed E-state index contributed by atoms with van der Waals surface area (Å²) in [5, 5.41) is 1.13. The van der Waals surface area contributed by atoms with Crippen LogP contribution in [0.2, 0.25) is 10.0 Å². The molecule has 1 nitrogen and oxygen atoms in total. The van der Waals surface area contributed by atoms with Gasteiger partial charge in [0.15, 0.2) is 0 Å². The van der Waals surface area contributed by atoms with Gasteiger partial charge in [0.1, 0.15) is 0 Å². The summed E-state index contributed by atoms with van der Waals surface area (Å²) in [5.74, 6) is 0. The molecular weight excluding hydrogens is 337 g/mol. The smallest absolute Gasteiger partial charge is 0.0736 e. The molecular formula is C21H17Cl2N. The SMILES string of the molecule is CC(N=Cc1ccc(-c2ccccc2)cc1)c1cccc(Cl)c1Cl. The summed E-state index contributed by atoms with van der Waals surface area (Å²) < 4.78 is 0. The van der Waals surface area contributed by atoms with Crippen LogP contribution in [0.1, 0.15) is 24.1 Å². The number of benzene rings is 3. The molecule has 120 valence electrons. The highest BCUT2D eigenvalue weighted by Gasteiger charge is 2.10. The highest BCUT2D eigenvalue weighted by atomic mass is 35.5. The van der Waals surface area contributed by atoms with Crippen molar-refractivity contribution in [1.29, 1.82) is 0 Å². The Morgan fingerprint density at radius 1 is 0.792 bits per heavy atom. The Morgan fingerprint density at radius 2 is 1.46 bits per heavy atom. The van der Waals surface area contributed by atoms with Crippen molar-refractivity contribution < 1.29 is 0 Å². The quantitative estimate of drug-likeness (QED) is 0.455. The molecule has 3 heteroatoms. The molecule has 1 atom stereocenters. The minimum absolute atomic E-state index is 0.0509. The third kappa shape index (κ3) is 3.87. The Hall–Kier alpha value is -2.09. The Morgan fingerprint density at radius 3 is 2.17 bits per heavy atom. The molecule has 0 fully saturated rings. The minimum atomic E-state index is -0.0509. The standard InChI is InChI=1S/C21H17Cl2N/c1-15(19-8-5-9-20(22)21(19)23)24-14-16-10-12-18(13-11-16)17-6-3-2-4-7-17/h2-15H,1H3. The summed E-state index contributed by atoms with van der Waals surface area (Å²) in [5.41, 5.74) is 4.39. The third-order valence-corrected chi connectivity index (χ3v) is 4.73. The van der Waals surface area contributed by atoms with Crippen LogP contribution in [0.5, 0.6) is 0 Å². The topological polar surface area (TPSA) is 12.4 Å². The van der Waals surface area contributed by atoms with Crippen molar-refractivity contribution in [2.24, 2.45) is 4.99 Å². The van der Waals surface area contributed by atoms with E-state index in [0.717, 1.165) is 11.1 Å². The maximum absolute atomic E-state index is 6.25. The molecule has 0 bridgehead atoms. The lowest BCUT2D eigenvalue weighted by molar-refractivity contribution is 0.825. The van der Waals surface area contributed by atoms with Crippen molar-refractivity contribution in [2.75, 3.05) is 0 Å². The van der Waals surface area contributed by atoms with E-state index >= 15 is 0 Å². The van der Waals surface area contributed by atoms with Crippen LogP contribution >= 0.6 is 23.2 Å². The lowest BCUT2D eigenvalue weighted by Crippen LogP contribution is -1.93. The maximum Gasteiger partial charge on any atom is 0.0736 e. The molecule has 0 saturated carbocycles. The minimum Gasteiger partial charge on any atom is -0.285 e. The predicted molar refractivity (Wildman–Crippen MR) is 104 cm³/mol. The molecule has 0 aliphatic heterocycles. The van der Waals surface area contributed by atoms with Gasteiger partial charge in [-0.05, 0) is 35.2 Å². The average Bonchev–Trinajstić information content (AvgIpc) is 2.63. The zero-order valence-corrected chi connectivity index (χ0v) is 14.8. The third-order valence-electron chi connectivity index (χ3n) is 3.90. The molecule has 0 radical (unpaired) electrons. The number of aliphatic imine (C=N–C) groups is 1. The van der Waals surface area contributed by atoms with Crippen molar-refractivity contribution in [3.8, 4) is 11.1 Å². The Bertz CT molecular complexity index is 839. The van der Waals surface area contributed by atoms with Crippen LogP contribution in [-0.4, -0.2) is 6.21 Å². The first kappa shape index (κ1) is 16.8. The van der Waals surface area contributed by atoms with Crippen molar-refractivity contribution in [3.05, 3.63) is 94.0 Å². The van der Waals surface area contributed by atoms with E-state index in [1.54, 1.807) is 6.07 Å². The summed E-state index contributed by atoms with van der Waals surface area (Å²) in [4.78, 5) is 4.60. The van der Waals surface area contributed by atoms with E-state index in [-0.39, 0.29) is 6.04 Å². The van der Waals surface area contributed by atoms with Gasteiger partial charge in [0.25, 0.3) is 0 Å². The number of nitrogens with zero attached hydrogens (tertiary/aromatic N) is 1. The molecule has 24 heavy (non-hydrogen) atoms. The van der Waals surface area contributed by atoms with Gasteiger partial charge in [0, 0.05) is 6.21 Å². The molecule has 0 spiro atoms. The highest BCUT2D eigenvalue weighted by molar-refractivity contribution is 6.42. The largest absolute Gasteiger partial charge is 0.285 e. The second kappa shape index (κ2) is 7.65. The van der Waals surface area contributed by atoms with Crippen molar-refractivity contribution in [3.63, 3.8) is 0 Å². The van der Waals surface area contributed by atoms with E-state index in [1.807, 2.05) is 43.5 Å². The molecule has 0 aliphatic rings. The van der Waals surface area contributed by atoms with E-state index in [1.165, 1.54) is 11.1 Å². The van der Waals surface area contributed by atoms with Crippen LogP contribution in [0, 0.1) is 0 Å². The number of halogens is 2. The van der Waals surface area contributed by atoms with Gasteiger partial charge in [0.2, 0.25) is 0 Å². The highest BCUT2D eigenvalue weighted by Crippen LogP contribution is 2.31. The first-order valence-corrected chi connectivity index (χ1v) is 8.53. The van der Waals surface area contributed by atoms with Crippen molar-refractivity contribution >= 4 is 29.4 Å². The van der Waals surface area contributed by atoms with Gasteiger partial charge < -0.3 is 0 Å². The van der Waals surface area contributed by atoms with Crippen LogP contribution in [-0.2, 0) is 0 Å². The van der Waals surface area contributed by atoms with E-state index in [2.05, 4.69) is 41.4 Å².